The van der Waals surface area contributed by atoms with Crippen molar-refractivity contribution in [2.75, 3.05) is 7.11 Å². The van der Waals surface area contributed by atoms with Crippen LogP contribution in [-0.2, 0) is 9.53 Å². The molecule has 1 heterocycles. The van der Waals surface area contributed by atoms with Crippen molar-refractivity contribution in [2.24, 2.45) is 11.8 Å². The van der Waals surface area contributed by atoms with Crippen LogP contribution in [0.5, 0.6) is 17.2 Å². The van der Waals surface area contributed by atoms with Crippen LogP contribution in [0.2, 0.25) is 0 Å². The molecule has 0 bridgehead atoms. The second-order valence-electron chi connectivity index (χ2n) is 8.24. The van der Waals surface area contributed by atoms with Gasteiger partial charge in [-0.05, 0) is 31.4 Å². The summed E-state index contributed by atoms with van der Waals surface area (Å²) in [6.07, 6.45) is -0.0657. The number of benzene rings is 1. The summed E-state index contributed by atoms with van der Waals surface area (Å²) in [5.41, 5.74) is -0.204. The van der Waals surface area contributed by atoms with E-state index in [0.717, 1.165) is 18.2 Å². The van der Waals surface area contributed by atoms with Crippen LogP contribution in [0.15, 0.2) is 30.5 Å². The molecule has 0 fully saturated rings. The lowest BCUT2D eigenvalue weighted by molar-refractivity contribution is -0.157. The smallest absolute Gasteiger partial charge is 0.309 e. The quantitative estimate of drug-likeness (QED) is 0.379. The summed E-state index contributed by atoms with van der Waals surface area (Å²) in [6.45, 7) is 6.93. The van der Waals surface area contributed by atoms with Crippen LogP contribution in [0.4, 0.5) is 8.78 Å². The number of aromatic nitrogens is 1. The van der Waals surface area contributed by atoms with Crippen molar-refractivity contribution in [3.8, 4) is 17.2 Å². The van der Waals surface area contributed by atoms with Gasteiger partial charge in [-0.1, -0.05) is 20.8 Å². The fourth-order valence-corrected chi connectivity index (χ4v) is 3.17. The minimum Gasteiger partial charge on any atom is -0.503 e. The number of nitrogens with zero attached hydrogens (tertiary/aromatic N) is 1. The number of methoxy groups -OCH3 is 1. The van der Waals surface area contributed by atoms with E-state index < -0.39 is 47.3 Å². The highest BCUT2D eigenvalue weighted by Gasteiger charge is 2.29. The minimum atomic E-state index is -0.849. The number of Topliss-reactive ketones (excluding diaryl/α,β-unsaturated/α-hetero) is 1. The van der Waals surface area contributed by atoms with Gasteiger partial charge in [0.05, 0.1) is 13.0 Å². The van der Waals surface area contributed by atoms with Gasteiger partial charge in [0.1, 0.15) is 18.0 Å². The highest BCUT2D eigenvalue weighted by molar-refractivity contribution is 5.99. The maximum absolute atomic E-state index is 14.0. The monoisotopic (exact) mass is 465 g/mol. The number of hydrogen-bond acceptors (Lipinski definition) is 7. The first-order valence-electron chi connectivity index (χ1n) is 10.6. The van der Waals surface area contributed by atoms with Crippen LogP contribution in [-0.4, -0.2) is 41.2 Å². The summed E-state index contributed by atoms with van der Waals surface area (Å²) in [6, 6.07) is 4.29. The summed E-state index contributed by atoms with van der Waals surface area (Å²) in [4.78, 5) is 29.0. The number of halogens is 2. The summed E-state index contributed by atoms with van der Waals surface area (Å²) in [7, 11) is 1.34. The third-order valence-corrected chi connectivity index (χ3v) is 4.97. The first-order chi connectivity index (χ1) is 15.5. The minimum absolute atomic E-state index is 0.0930. The normalized spacial score (nSPS) is 13.8. The molecule has 1 aromatic carbocycles. The number of aromatic hydroxyl groups is 1. The molecular weight excluding hydrogens is 436 g/mol. The highest BCUT2D eigenvalue weighted by atomic mass is 19.1. The summed E-state index contributed by atoms with van der Waals surface area (Å²) >= 11 is 0. The molecule has 0 unspecified atom stereocenters. The molecule has 180 valence electrons. The molecule has 0 spiro atoms. The molecule has 0 aliphatic carbocycles. The number of hydrogen-bond donors (Lipinski definition) is 1. The van der Waals surface area contributed by atoms with Crippen LogP contribution in [0, 0.1) is 23.5 Å². The number of esters is 1. The summed E-state index contributed by atoms with van der Waals surface area (Å²) < 4.78 is 43.7. The Balaban J connectivity index is 2.07. The van der Waals surface area contributed by atoms with Gasteiger partial charge < -0.3 is 19.3 Å². The van der Waals surface area contributed by atoms with Gasteiger partial charge in [-0.2, -0.15) is 0 Å². The van der Waals surface area contributed by atoms with Gasteiger partial charge in [-0.25, -0.2) is 13.8 Å². The largest absolute Gasteiger partial charge is 0.503 e. The number of ketones is 1. The molecule has 0 amide bonds. The first-order valence-corrected chi connectivity index (χ1v) is 10.6. The van der Waals surface area contributed by atoms with E-state index in [2.05, 4.69) is 4.98 Å². The second kappa shape index (κ2) is 11.6. The molecule has 0 saturated carbocycles. The molecular formula is C24H29F2NO6. The molecule has 2 aromatic rings. The number of carbonyl (C=O) groups is 2. The van der Waals surface area contributed by atoms with Gasteiger partial charge in [0.2, 0.25) is 0 Å². The summed E-state index contributed by atoms with van der Waals surface area (Å²) in [5.74, 6) is -3.92. The second-order valence-corrected chi connectivity index (χ2v) is 8.24. The Kier molecular flexibility index (Phi) is 9.13. The Morgan fingerprint density at radius 1 is 1.09 bits per heavy atom. The molecule has 1 aromatic heterocycles. The van der Waals surface area contributed by atoms with Crippen molar-refractivity contribution >= 4 is 11.8 Å². The van der Waals surface area contributed by atoms with Gasteiger partial charge >= 0.3 is 5.97 Å². The fourth-order valence-electron chi connectivity index (χ4n) is 3.17. The molecule has 0 aliphatic rings. The lowest BCUT2D eigenvalue weighted by Gasteiger charge is -2.27. The lowest BCUT2D eigenvalue weighted by Crippen LogP contribution is -2.36. The number of ether oxygens (including phenoxy) is 3. The van der Waals surface area contributed by atoms with Crippen molar-refractivity contribution in [3.63, 3.8) is 0 Å². The van der Waals surface area contributed by atoms with Gasteiger partial charge in [-0.15, -0.1) is 0 Å². The van der Waals surface area contributed by atoms with Crippen molar-refractivity contribution in [1.82, 2.24) is 4.98 Å². The maximum atomic E-state index is 14.0. The van der Waals surface area contributed by atoms with Gasteiger partial charge in [0.25, 0.3) is 0 Å². The van der Waals surface area contributed by atoms with E-state index in [-0.39, 0.29) is 29.5 Å². The van der Waals surface area contributed by atoms with Crippen molar-refractivity contribution in [2.45, 2.75) is 52.7 Å². The van der Waals surface area contributed by atoms with Crippen molar-refractivity contribution in [1.29, 1.82) is 0 Å². The van der Waals surface area contributed by atoms with E-state index in [1.807, 2.05) is 13.8 Å². The van der Waals surface area contributed by atoms with Crippen LogP contribution in [0.1, 0.15) is 51.0 Å². The third-order valence-electron chi connectivity index (χ3n) is 4.97. The SMILES string of the molecule is COc1ccnc(C(=O)C[C@@H](C)C(=O)O[C@@H](C)[C@@H](CC(C)C)Oc2cc(F)ccc2F)c1O. The molecule has 33 heavy (non-hydrogen) atoms. The average molecular weight is 465 g/mol. The topological polar surface area (TPSA) is 95.0 Å². The molecule has 2 rings (SSSR count). The predicted octanol–water partition coefficient (Wildman–Crippen LogP) is 4.71. The molecule has 0 saturated heterocycles. The molecule has 1 N–H and O–H groups in total. The number of carbonyl (C=O) groups excluding carboxylic acids is 2. The van der Waals surface area contributed by atoms with E-state index in [4.69, 9.17) is 14.2 Å². The summed E-state index contributed by atoms with van der Waals surface area (Å²) in [5, 5.41) is 10.1. The molecule has 0 radical (unpaired) electrons. The Labute approximate surface area is 191 Å². The average Bonchev–Trinajstić information content (AvgIpc) is 2.75. The van der Waals surface area contributed by atoms with Crippen molar-refractivity contribution < 1.29 is 37.7 Å². The lowest BCUT2D eigenvalue weighted by atomic mass is 10.0. The molecule has 9 heteroatoms. The van der Waals surface area contributed by atoms with Crippen molar-refractivity contribution in [3.05, 3.63) is 47.8 Å². The van der Waals surface area contributed by atoms with E-state index in [9.17, 15) is 23.5 Å². The maximum Gasteiger partial charge on any atom is 0.309 e. The zero-order chi connectivity index (χ0) is 24.7. The van der Waals surface area contributed by atoms with E-state index >= 15 is 0 Å². The number of rotatable bonds is 11. The first kappa shape index (κ1) is 26.0. The molecule has 0 aliphatic heterocycles. The molecule has 7 nitrogen and oxygen atoms in total. The van der Waals surface area contributed by atoms with Crippen LogP contribution in [0.25, 0.3) is 0 Å². The fraction of sp³-hybridized carbons (Fsp3) is 0.458. The standard InChI is InChI=1S/C24H29F2NO6/c1-13(2)10-20(33-21-12-16(25)6-7-17(21)26)15(4)32-24(30)14(3)11-18(28)22-23(29)19(31-5)8-9-27-22/h6-9,12-15,20,29H,10-11H2,1-5H3/t14-,15+,20-/m1/s1. The van der Waals surface area contributed by atoms with Crippen LogP contribution in [0.3, 0.4) is 0 Å². The predicted molar refractivity (Wildman–Crippen MR) is 116 cm³/mol. The van der Waals surface area contributed by atoms with Crippen LogP contribution < -0.4 is 9.47 Å². The van der Waals surface area contributed by atoms with E-state index in [1.165, 1.54) is 26.3 Å². The van der Waals surface area contributed by atoms with E-state index in [0.29, 0.717) is 6.42 Å². The van der Waals surface area contributed by atoms with Gasteiger partial charge in [0, 0.05) is 24.8 Å². The van der Waals surface area contributed by atoms with Gasteiger partial charge in [-0.3, -0.25) is 9.59 Å². The third kappa shape index (κ3) is 7.13. The Bertz CT molecular complexity index is 981. The Hall–Kier alpha value is -3.23. The van der Waals surface area contributed by atoms with E-state index in [1.54, 1.807) is 6.92 Å². The van der Waals surface area contributed by atoms with Gasteiger partial charge in [0.15, 0.2) is 34.5 Å². The molecule has 3 atom stereocenters. The highest BCUT2D eigenvalue weighted by Crippen LogP contribution is 2.29. The Morgan fingerprint density at radius 3 is 2.42 bits per heavy atom. The Morgan fingerprint density at radius 2 is 1.79 bits per heavy atom. The number of pyridine rings is 1. The zero-order valence-electron chi connectivity index (χ0n) is 19.3. The zero-order valence-corrected chi connectivity index (χ0v) is 19.3. The van der Waals surface area contributed by atoms with Crippen LogP contribution >= 0.6 is 0 Å².